The van der Waals surface area contributed by atoms with Gasteiger partial charge in [0.2, 0.25) is 5.91 Å². The fraction of sp³-hybridized carbons (Fsp3) is 0.364. The van der Waals surface area contributed by atoms with E-state index in [9.17, 15) is 4.79 Å². The van der Waals surface area contributed by atoms with E-state index in [-0.39, 0.29) is 29.9 Å². The van der Waals surface area contributed by atoms with E-state index in [4.69, 9.17) is 11.6 Å². The maximum Gasteiger partial charge on any atom is 0.222 e. The second kappa shape index (κ2) is 12.0. The molecule has 0 bridgehead atoms. The summed E-state index contributed by atoms with van der Waals surface area (Å²) < 4.78 is 0. The molecule has 156 valence electrons. The first-order valence-corrected chi connectivity index (χ1v) is 10.2. The zero-order valence-corrected chi connectivity index (χ0v) is 19.7. The third-order valence-corrected chi connectivity index (χ3v) is 5.18. The third-order valence-electron chi connectivity index (χ3n) is 4.81. The van der Waals surface area contributed by atoms with E-state index in [1.54, 1.807) is 0 Å². The van der Waals surface area contributed by atoms with Crippen LogP contribution in [0.15, 0.2) is 53.5 Å². The number of amides is 1. The van der Waals surface area contributed by atoms with Crippen molar-refractivity contribution in [3.8, 4) is 0 Å². The summed E-state index contributed by atoms with van der Waals surface area (Å²) in [6.07, 6.45) is 1.62. The van der Waals surface area contributed by atoms with E-state index in [0.717, 1.165) is 36.1 Å². The van der Waals surface area contributed by atoms with Gasteiger partial charge in [0.05, 0.1) is 6.54 Å². The van der Waals surface area contributed by atoms with E-state index in [0.29, 0.717) is 26.1 Å². The Morgan fingerprint density at radius 2 is 1.76 bits per heavy atom. The van der Waals surface area contributed by atoms with E-state index in [1.807, 2.05) is 48.2 Å². The van der Waals surface area contributed by atoms with E-state index < -0.39 is 0 Å². The summed E-state index contributed by atoms with van der Waals surface area (Å²) in [7, 11) is 0. The van der Waals surface area contributed by atoms with Crippen molar-refractivity contribution in [2.45, 2.75) is 39.4 Å². The number of hydrogen-bond donors (Lipinski definition) is 2. The van der Waals surface area contributed by atoms with Gasteiger partial charge in [-0.05, 0) is 36.1 Å². The van der Waals surface area contributed by atoms with Crippen LogP contribution in [0.3, 0.4) is 0 Å². The Hall–Kier alpha value is -1.80. The fourth-order valence-electron chi connectivity index (χ4n) is 3.27. The number of likely N-dealkylation sites (tertiary alicyclic amines) is 1. The van der Waals surface area contributed by atoms with Gasteiger partial charge in [-0.15, -0.1) is 24.0 Å². The number of nitrogens with one attached hydrogen (secondary N) is 2. The zero-order valence-electron chi connectivity index (χ0n) is 16.7. The van der Waals surface area contributed by atoms with Gasteiger partial charge >= 0.3 is 0 Å². The fourth-order valence-corrected chi connectivity index (χ4v) is 3.47. The Balaban J connectivity index is 0.00000300. The first-order valence-electron chi connectivity index (χ1n) is 9.77. The molecule has 1 fully saturated rings. The van der Waals surface area contributed by atoms with E-state index >= 15 is 0 Å². The number of carbonyl (C=O) groups is 1. The SMILES string of the molecule is CCNC(=NCc1ccccc1Cl)NCc1ccccc1CN1CCCC1=O.I. The molecular weight excluding hydrogens is 499 g/mol. The van der Waals surface area contributed by atoms with Crippen LogP contribution in [0.4, 0.5) is 0 Å². The van der Waals surface area contributed by atoms with Crippen molar-refractivity contribution in [3.05, 3.63) is 70.2 Å². The molecule has 3 rings (SSSR count). The largest absolute Gasteiger partial charge is 0.357 e. The van der Waals surface area contributed by atoms with Crippen LogP contribution in [-0.2, 0) is 24.4 Å². The smallest absolute Gasteiger partial charge is 0.222 e. The van der Waals surface area contributed by atoms with Crippen LogP contribution in [0.1, 0.15) is 36.5 Å². The molecule has 29 heavy (non-hydrogen) atoms. The normalized spacial score (nSPS) is 13.9. The number of nitrogens with zero attached hydrogens (tertiary/aromatic N) is 2. The minimum absolute atomic E-state index is 0. The molecule has 0 spiro atoms. The Kier molecular flexibility index (Phi) is 9.73. The van der Waals surface area contributed by atoms with Crippen molar-refractivity contribution in [2.24, 2.45) is 4.99 Å². The molecule has 7 heteroatoms. The van der Waals surface area contributed by atoms with Crippen LogP contribution < -0.4 is 10.6 Å². The quantitative estimate of drug-likeness (QED) is 0.321. The van der Waals surface area contributed by atoms with Crippen LogP contribution in [0.25, 0.3) is 0 Å². The second-order valence-electron chi connectivity index (χ2n) is 6.83. The van der Waals surface area contributed by atoms with Crippen molar-refractivity contribution >= 4 is 47.4 Å². The second-order valence-corrected chi connectivity index (χ2v) is 7.23. The highest BCUT2D eigenvalue weighted by atomic mass is 127. The minimum atomic E-state index is 0. The van der Waals surface area contributed by atoms with Gasteiger partial charge in [-0.25, -0.2) is 4.99 Å². The summed E-state index contributed by atoms with van der Waals surface area (Å²) in [6, 6.07) is 16.0. The molecular formula is C22H28ClIN4O. The summed E-state index contributed by atoms with van der Waals surface area (Å²) in [4.78, 5) is 18.5. The van der Waals surface area contributed by atoms with Gasteiger partial charge in [-0.3, -0.25) is 4.79 Å². The van der Waals surface area contributed by atoms with Crippen molar-refractivity contribution in [2.75, 3.05) is 13.1 Å². The highest BCUT2D eigenvalue weighted by Gasteiger charge is 2.20. The molecule has 1 aliphatic heterocycles. The molecule has 0 radical (unpaired) electrons. The van der Waals surface area contributed by atoms with Gasteiger partial charge in [0, 0.05) is 37.6 Å². The molecule has 0 atom stereocenters. The molecule has 0 aliphatic carbocycles. The number of rotatable bonds is 7. The van der Waals surface area contributed by atoms with Gasteiger partial charge in [0.1, 0.15) is 0 Å². The van der Waals surface area contributed by atoms with E-state index in [1.165, 1.54) is 11.1 Å². The predicted octanol–water partition coefficient (Wildman–Crippen LogP) is 4.34. The molecule has 2 aromatic carbocycles. The van der Waals surface area contributed by atoms with Crippen molar-refractivity contribution in [1.29, 1.82) is 0 Å². The molecule has 1 saturated heterocycles. The summed E-state index contributed by atoms with van der Waals surface area (Å²) in [5.74, 6) is 0.992. The molecule has 0 aromatic heterocycles. The lowest BCUT2D eigenvalue weighted by Crippen LogP contribution is -2.37. The predicted molar refractivity (Wildman–Crippen MR) is 130 cm³/mol. The van der Waals surface area contributed by atoms with Crippen LogP contribution >= 0.6 is 35.6 Å². The number of carbonyl (C=O) groups excluding carboxylic acids is 1. The average Bonchev–Trinajstić information content (AvgIpc) is 3.11. The number of benzene rings is 2. The molecule has 5 nitrogen and oxygen atoms in total. The maximum atomic E-state index is 12.0. The topological polar surface area (TPSA) is 56.7 Å². The van der Waals surface area contributed by atoms with Crippen LogP contribution in [0.2, 0.25) is 5.02 Å². The average molecular weight is 527 g/mol. The lowest BCUT2D eigenvalue weighted by molar-refractivity contribution is -0.128. The van der Waals surface area contributed by atoms with Crippen LogP contribution in [0, 0.1) is 0 Å². The molecule has 0 saturated carbocycles. The molecule has 2 aromatic rings. The monoisotopic (exact) mass is 526 g/mol. The zero-order chi connectivity index (χ0) is 19.8. The van der Waals surface area contributed by atoms with Crippen molar-refractivity contribution < 1.29 is 4.79 Å². The molecule has 1 aliphatic rings. The lowest BCUT2D eigenvalue weighted by Gasteiger charge is -2.19. The van der Waals surface area contributed by atoms with Crippen molar-refractivity contribution in [3.63, 3.8) is 0 Å². The Bertz CT molecular complexity index is 843. The number of halogens is 2. The van der Waals surface area contributed by atoms with Crippen LogP contribution in [0.5, 0.6) is 0 Å². The van der Waals surface area contributed by atoms with E-state index in [2.05, 4.69) is 27.8 Å². The number of hydrogen-bond acceptors (Lipinski definition) is 2. The molecule has 1 heterocycles. The Morgan fingerprint density at radius 3 is 2.41 bits per heavy atom. The standard InChI is InChI=1S/C22H27ClN4O.HI/c1-2-24-22(26-15-18-9-5-6-11-20(18)23)25-14-17-8-3-4-10-19(17)16-27-13-7-12-21(27)28;/h3-6,8-11H,2,7,12-16H2,1H3,(H2,24,25,26);1H. The number of aliphatic imine (C=N–C) groups is 1. The minimum Gasteiger partial charge on any atom is -0.357 e. The van der Waals surface area contributed by atoms with Gasteiger partial charge < -0.3 is 15.5 Å². The van der Waals surface area contributed by atoms with Crippen LogP contribution in [-0.4, -0.2) is 29.9 Å². The molecule has 1 amide bonds. The molecule has 2 N–H and O–H groups in total. The Morgan fingerprint density at radius 1 is 1.07 bits per heavy atom. The summed E-state index contributed by atoms with van der Waals surface area (Å²) in [6.45, 7) is 5.50. The third kappa shape index (κ3) is 6.89. The number of guanidine groups is 1. The lowest BCUT2D eigenvalue weighted by atomic mass is 10.1. The first-order chi connectivity index (χ1) is 13.7. The Labute approximate surface area is 194 Å². The summed E-state index contributed by atoms with van der Waals surface area (Å²) >= 11 is 6.23. The van der Waals surface area contributed by atoms with Gasteiger partial charge in [0.15, 0.2) is 5.96 Å². The first kappa shape index (κ1) is 23.5. The van der Waals surface area contributed by atoms with Gasteiger partial charge in [-0.1, -0.05) is 54.1 Å². The summed E-state index contributed by atoms with van der Waals surface area (Å²) in [5, 5.41) is 7.39. The highest BCUT2D eigenvalue weighted by molar-refractivity contribution is 14.0. The van der Waals surface area contributed by atoms with Gasteiger partial charge in [0.25, 0.3) is 0 Å². The highest BCUT2D eigenvalue weighted by Crippen LogP contribution is 2.18. The van der Waals surface area contributed by atoms with Gasteiger partial charge in [-0.2, -0.15) is 0 Å². The molecule has 0 unspecified atom stereocenters. The van der Waals surface area contributed by atoms with Crippen molar-refractivity contribution in [1.82, 2.24) is 15.5 Å². The maximum absolute atomic E-state index is 12.0. The summed E-state index contributed by atoms with van der Waals surface area (Å²) in [5.41, 5.74) is 3.34.